The number of para-hydroxylation sites is 1. The van der Waals surface area contributed by atoms with Crippen molar-refractivity contribution in [3.63, 3.8) is 0 Å². The lowest BCUT2D eigenvalue weighted by atomic mass is 10.1. The SMILES string of the molecule is O=[N+]([O-])c1cc2c(cc1/C=N/NC(=S)Nc1ccccc1F)OCO2. The van der Waals surface area contributed by atoms with Crippen LogP contribution in [0.5, 0.6) is 11.5 Å². The summed E-state index contributed by atoms with van der Waals surface area (Å²) in [6.07, 6.45) is 1.22. The summed E-state index contributed by atoms with van der Waals surface area (Å²) in [7, 11) is 0. The second-order valence-corrected chi connectivity index (χ2v) is 5.23. The summed E-state index contributed by atoms with van der Waals surface area (Å²) in [6.45, 7) is 0.00196. The minimum Gasteiger partial charge on any atom is -0.454 e. The third kappa shape index (κ3) is 3.80. The maximum atomic E-state index is 13.5. The largest absolute Gasteiger partial charge is 0.454 e. The maximum absolute atomic E-state index is 13.5. The van der Waals surface area contributed by atoms with E-state index in [4.69, 9.17) is 21.7 Å². The van der Waals surface area contributed by atoms with E-state index < -0.39 is 10.7 Å². The number of hydrogen-bond acceptors (Lipinski definition) is 6. The first-order chi connectivity index (χ1) is 12.0. The molecule has 0 amide bonds. The first-order valence-corrected chi connectivity index (χ1v) is 7.38. The van der Waals surface area contributed by atoms with Gasteiger partial charge in [0.15, 0.2) is 16.6 Å². The molecule has 8 nitrogen and oxygen atoms in total. The molecule has 1 aliphatic heterocycles. The molecule has 0 aromatic heterocycles. The second kappa shape index (κ2) is 7.09. The Labute approximate surface area is 146 Å². The van der Waals surface area contributed by atoms with Crippen LogP contribution >= 0.6 is 12.2 Å². The zero-order valence-electron chi connectivity index (χ0n) is 12.6. The quantitative estimate of drug-likeness (QED) is 0.373. The lowest BCUT2D eigenvalue weighted by molar-refractivity contribution is -0.385. The van der Waals surface area contributed by atoms with E-state index in [-0.39, 0.29) is 28.8 Å². The van der Waals surface area contributed by atoms with E-state index in [0.29, 0.717) is 11.5 Å². The smallest absolute Gasteiger partial charge is 0.282 e. The Morgan fingerprint density at radius 2 is 2.04 bits per heavy atom. The molecule has 25 heavy (non-hydrogen) atoms. The number of anilines is 1. The van der Waals surface area contributed by atoms with E-state index >= 15 is 0 Å². The highest BCUT2D eigenvalue weighted by Crippen LogP contribution is 2.37. The molecular formula is C15H11FN4O4S. The first-order valence-electron chi connectivity index (χ1n) is 6.97. The minimum absolute atomic E-state index is 0.00196. The molecule has 0 saturated carbocycles. The van der Waals surface area contributed by atoms with Crippen molar-refractivity contribution in [1.29, 1.82) is 0 Å². The van der Waals surface area contributed by atoms with Crippen molar-refractivity contribution in [2.45, 2.75) is 0 Å². The van der Waals surface area contributed by atoms with Crippen molar-refractivity contribution in [3.8, 4) is 11.5 Å². The number of halogens is 1. The Morgan fingerprint density at radius 3 is 2.76 bits per heavy atom. The van der Waals surface area contributed by atoms with Crippen LogP contribution in [0.25, 0.3) is 0 Å². The van der Waals surface area contributed by atoms with Crippen molar-refractivity contribution in [2.75, 3.05) is 12.1 Å². The molecule has 0 radical (unpaired) electrons. The van der Waals surface area contributed by atoms with Crippen LogP contribution in [0.3, 0.4) is 0 Å². The zero-order valence-corrected chi connectivity index (χ0v) is 13.4. The Balaban J connectivity index is 1.71. The standard InChI is InChI=1S/C15H11FN4O4S/c16-10-3-1-2-4-11(10)18-15(25)19-17-7-9-5-13-14(24-8-23-13)6-12(9)20(21)22/h1-7H,8H2,(H2,18,19,25)/b17-7+. The van der Waals surface area contributed by atoms with E-state index in [1.807, 2.05) is 0 Å². The number of benzene rings is 2. The molecule has 0 spiro atoms. The number of nitrogens with zero attached hydrogens (tertiary/aromatic N) is 2. The fraction of sp³-hybridized carbons (Fsp3) is 0.0667. The summed E-state index contributed by atoms with van der Waals surface area (Å²) in [5.41, 5.74) is 2.67. The zero-order chi connectivity index (χ0) is 17.8. The van der Waals surface area contributed by atoms with Crippen molar-refractivity contribution in [2.24, 2.45) is 5.10 Å². The monoisotopic (exact) mass is 362 g/mol. The van der Waals surface area contributed by atoms with Crippen molar-refractivity contribution in [3.05, 3.63) is 57.9 Å². The van der Waals surface area contributed by atoms with Crippen molar-refractivity contribution < 1.29 is 18.8 Å². The van der Waals surface area contributed by atoms with E-state index in [9.17, 15) is 14.5 Å². The summed E-state index contributed by atoms with van der Waals surface area (Å²) in [6, 6.07) is 8.69. The Bertz CT molecular complexity index is 875. The molecule has 1 aliphatic rings. The number of rotatable bonds is 4. The number of hydrazone groups is 1. The van der Waals surface area contributed by atoms with E-state index in [1.165, 1.54) is 30.5 Å². The Kier molecular flexibility index (Phi) is 4.70. The molecule has 0 atom stereocenters. The van der Waals surface area contributed by atoms with E-state index in [2.05, 4.69) is 15.8 Å². The molecule has 0 saturated heterocycles. The van der Waals surface area contributed by atoms with E-state index in [0.717, 1.165) is 0 Å². The first kappa shape index (κ1) is 16.6. The van der Waals surface area contributed by atoms with Gasteiger partial charge in [-0.3, -0.25) is 15.5 Å². The highest BCUT2D eigenvalue weighted by molar-refractivity contribution is 7.80. The molecule has 2 aromatic rings. The molecule has 0 fully saturated rings. The van der Waals surface area contributed by atoms with Crippen LogP contribution in [-0.4, -0.2) is 23.0 Å². The van der Waals surface area contributed by atoms with Crippen molar-refractivity contribution >= 4 is 34.9 Å². The molecule has 128 valence electrons. The number of fused-ring (bicyclic) bond motifs is 1. The van der Waals surface area contributed by atoms with Crippen LogP contribution in [0.2, 0.25) is 0 Å². The summed E-state index contributed by atoms with van der Waals surface area (Å²) in [5.74, 6) is 0.217. The molecule has 1 heterocycles. The van der Waals surface area contributed by atoms with Crippen LogP contribution in [0.15, 0.2) is 41.5 Å². The number of thiocarbonyl (C=S) groups is 1. The third-order valence-corrected chi connectivity index (χ3v) is 3.40. The lowest BCUT2D eigenvalue weighted by Crippen LogP contribution is -2.24. The predicted molar refractivity (Wildman–Crippen MR) is 92.6 cm³/mol. The van der Waals surface area contributed by atoms with Crippen LogP contribution in [-0.2, 0) is 0 Å². The maximum Gasteiger partial charge on any atom is 0.282 e. The van der Waals surface area contributed by atoms with Gasteiger partial charge in [0.05, 0.1) is 28.5 Å². The van der Waals surface area contributed by atoms with Gasteiger partial charge >= 0.3 is 0 Å². The van der Waals surface area contributed by atoms with Gasteiger partial charge in [0.2, 0.25) is 6.79 Å². The van der Waals surface area contributed by atoms with E-state index in [1.54, 1.807) is 12.1 Å². The van der Waals surface area contributed by atoms with Crippen LogP contribution in [0.4, 0.5) is 15.8 Å². The van der Waals surface area contributed by atoms with Crippen LogP contribution in [0, 0.1) is 15.9 Å². The molecular weight excluding hydrogens is 351 g/mol. The molecule has 3 rings (SSSR count). The highest BCUT2D eigenvalue weighted by Gasteiger charge is 2.22. The van der Waals surface area contributed by atoms with Gasteiger partial charge in [-0.05, 0) is 30.4 Å². The summed E-state index contributed by atoms with van der Waals surface area (Å²) >= 11 is 4.99. The number of hydrogen-bond donors (Lipinski definition) is 2. The number of nitro groups is 1. The minimum atomic E-state index is -0.556. The van der Waals surface area contributed by atoms with Gasteiger partial charge < -0.3 is 14.8 Å². The van der Waals surface area contributed by atoms with Crippen LogP contribution in [0.1, 0.15) is 5.56 Å². The van der Waals surface area contributed by atoms with Gasteiger partial charge in [-0.1, -0.05) is 12.1 Å². The third-order valence-electron chi connectivity index (χ3n) is 3.21. The molecule has 0 bridgehead atoms. The number of nitro benzene ring substituents is 1. The van der Waals surface area contributed by atoms with Crippen LogP contribution < -0.4 is 20.2 Å². The number of nitrogens with one attached hydrogen (secondary N) is 2. The average Bonchev–Trinajstić information content (AvgIpc) is 3.03. The number of ether oxygens (including phenoxy) is 2. The van der Waals surface area contributed by atoms with Gasteiger partial charge in [-0.2, -0.15) is 5.10 Å². The Morgan fingerprint density at radius 1 is 1.32 bits per heavy atom. The van der Waals surface area contributed by atoms with Gasteiger partial charge in [0.25, 0.3) is 5.69 Å². The fourth-order valence-corrected chi connectivity index (χ4v) is 2.24. The highest BCUT2D eigenvalue weighted by atomic mass is 32.1. The van der Waals surface area contributed by atoms with Gasteiger partial charge in [0, 0.05) is 0 Å². The molecule has 2 aromatic carbocycles. The summed E-state index contributed by atoms with van der Waals surface area (Å²) < 4.78 is 23.8. The average molecular weight is 362 g/mol. The fourth-order valence-electron chi connectivity index (χ4n) is 2.08. The Hall–Kier alpha value is -3.27. The van der Waals surface area contributed by atoms with Gasteiger partial charge in [0.1, 0.15) is 5.82 Å². The summed E-state index contributed by atoms with van der Waals surface area (Å²) in [4.78, 5) is 10.6. The normalized spacial score (nSPS) is 12.2. The second-order valence-electron chi connectivity index (χ2n) is 4.83. The topological polar surface area (TPSA) is 98.0 Å². The van der Waals surface area contributed by atoms with Gasteiger partial charge in [-0.15, -0.1) is 0 Å². The van der Waals surface area contributed by atoms with Gasteiger partial charge in [-0.25, -0.2) is 4.39 Å². The lowest BCUT2D eigenvalue weighted by Gasteiger charge is -2.07. The molecule has 2 N–H and O–H groups in total. The van der Waals surface area contributed by atoms with Crippen molar-refractivity contribution in [1.82, 2.24) is 5.43 Å². The molecule has 10 heteroatoms. The predicted octanol–water partition coefficient (Wildman–Crippen LogP) is 2.78. The summed E-state index contributed by atoms with van der Waals surface area (Å²) in [5, 5.41) is 17.6. The molecule has 0 unspecified atom stereocenters. The molecule has 0 aliphatic carbocycles.